The van der Waals surface area contributed by atoms with Crippen molar-refractivity contribution in [2.45, 2.75) is 25.7 Å². The molecule has 0 bridgehead atoms. The van der Waals surface area contributed by atoms with E-state index in [0.29, 0.717) is 25.9 Å². The molecule has 1 unspecified atom stereocenters. The van der Waals surface area contributed by atoms with Crippen molar-refractivity contribution in [2.75, 3.05) is 27.2 Å². The minimum Gasteiger partial charge on any atom is -0.348 e. The Morgan fingerprint density at radius 1 is 0.939 bits per heavy atom. The Hall–Kier alpha value is -3.47. The second-order valence-electron chi connectivity index (χ2n) is 9.17. The van der Waals surface area contributed by atoms with Gasteiger partial charge < -0.3 is 9.80 Å². The molecule has 2 heterocycles. The van der Waals surface area contributed by atoms with Gasteiger partial charge in [-0.25, -0.2) is 0 Å². The van der Waals surface area contributed by atoms with Crippen LogP contribution in [0.4, 0.5) is 0 Å². The lowest BCUT2D eigenvalue weighted by Gasteiger charge is -2.43. The van der Waals surface area contributed by atoms with Gasteiger partial charge >= 0.3 is 0 Å². The number of pyridine rings is 1. The number of hydrogen-bond donors (Lipinski definition) is 0. The maximum atomic E-state index is 13.5. The molecule has 0 spiro atoms. The highest BCUT2D eigenvalue weighted by Gasteiger charge is 2.44. The highest BCUT2D eigenvalue weighted by Crippen LogP contribution is 2.36. The van der Waals surface area contributed by atoms with E-state index in [1.54, 1.807) is 17.3 Å². The number of nitrogens with zero attached hydrogens (tertiary/aromatic N) is 3. The number of amides is 2. The van der Waals surface area contributed by atoms with E-state index in [2.05, 4.69) is 23.2 Å². The summed E-state index contributed by atoms with van der Waals surface area (Å²) in [5.41, 5.74) is 3.70. The second-order valence-corrected chi connectivity index (χ2v) is 9.17. The lowest BCUT2D eigenvalue weighted by atomic mass is 9.73. The summed E-state index contributed by atoms with van der Waals surface area (Å²) >= 11 is 0. The number of hydrogen-bond acceptors (Lipinski definition) is 3. The van der Waals surface area contributed by atoms with Crippen LogP contribution in [0.1, 0.15) is 24.0 Å². The molecule has 4 rings (SSSR count). The predicted molar refractivity (Wildman–Crippen MR) is 130 cm³/mol. The number of likely N-dealkylation sites (tertiary alicyclic amines) is 1. The molecule has 1 aliphatic heterocycles. The monoisotopic (exact) mass is 441 g/mol. The highest BCUT2D eigenvalue weighted by molar-refractivity contribution is 5.85. The van der Waals surface area contributed by atoms with E-state index in [0.717, 1.165) is 35.1 Å². The first-order chi connectivity index (χ1) is 16.0. The molecule has 5 nitrogen and oxygen atoms in total. The number of rotatable bonds is 6. The molecule has 0 saturated carbocycles. The molecule has 1 atom stereocenters. The van der Waals surface area contributed by atoms with Crippen molar-refractivity contribution in [1.29, 1.82) is 0 Å². The summed E-state index contributed by atoms with van der Waals surface area (Å²) in [6.45, 7) is 1.15. The quantitative estimate of drug-likeness (QED) is 0.575. The first-order valence-corrected chi connectivity index (χ1v) is 11.5. The maximum absolute atomic E-state index is 13.5. The molecule has 1 aliphatic rings. The van der Waals surface area contributed by atoms with Crippen molar-refractivity contribution >= 4 is 11.8 Å². The van der Waals surface area contributed by atoms with E-state index < -0.39 is 5.41 Å². The molecule has 0 radical (unpaired) electrons. The number of aromatic nitrogens is 1. The highest BCUT2D eigenvalue weighted by atomic mass is 16.2. The normalized spacial score (nSPS) is 18.1. The zero-order valence-corrected chi connectivity index (χ0v) is 19.4. The molecule has 2 aromatic carbocycles. The summed E-state index contributed by atoms with van der Waals surface area (Å²) in [6.07, 6.45) is 6.15. The molecule has 1 fully saturated rings. The Balaban J connectivity index is 1.59. The average Bonchev–Trinajstić information content (AvgIpc) is 2.85. The first-order valence-electron chi connectivity index (χ1n) is 11.5. The Labute approximate surface area is 196 Å². The number of piperidine rings is 1. The van der Waals surface area contributed by atoms with E-state index >= 15 is 0 Å². The van der Waals surface area contributed by atoms with Gasteiger partial charge in [-0.2, -0.15) is 0 Å². The van der Waals surface area contributed by atoms with E-state index in [4.69, 9.17) is 0 Å². The van der Waals surface area contributed by atoms with Gasteiger partial charge in [-0.1, -0.05) is 54.6 Å². The molecule has 0 aliphatic carbocycles. The number of carbonyl (C=O) groups excluding carboxylic acids is 2. The van der Waals surface area contributed by atoms with Crippen molar-refractivity contribution in [3.05, 3.63) is 90.3 Å². The SMILES string of the molecule is CN(C)C(=O)C1(Cc2cccc(-c3ccncc3)c2)CCCN(C(=O)Cc2ccccc2)C1. The molecule has 0 N–H and O–H groups in total. The third-order valence-corrected chi connectivity index (χ3v) is 6.47. The van der Waals surface area contributed by atoms with Crippen molar-refractivity contribution in [2.24, 2.45) is 5.41 Å². The van der Waals surface area contributed by atoms with Crippen LogP contribution in [0.2, 0.25) is 0 Å². The maximum Gasteiger partial charge on any atom is 0.230 e. The first kappa shape index (κ1) is 22.7. The van der Waals surface area contributed by atoms with Crippen LogP contribution in [-0.2, 0) is 22.4 Å². The summed E-state index contributed by atoms with van der Waals surface area (Å²) in [4.78, 5) is 34.3. The molecule has 33 heavy (non-hydrogen) atoms. The summed E-state index contributed by atoms with van der Waals surface area (Å²) in [6, 6.07) is 22.2. The Morgan fingerprint density at radius 3 is 2.39 bits per heavy atom. The molecular formula is C28H31N3O2. The minimum absolute atomic E-state index is 0.0855. The third-order valence-electron chi connectivity index (χ3n) is 6.47. The zero-order chi connectivity index (χ0) is 23.3. The van der Waals surface area contributed by atoms with Gasteiger partial charge in [0.1, 0.15) is 0 Å². The van der Waals surface area contributed by atoms with Gasteiger partial charge in [0.05, 0.1) is 11.8 Å². The lowest BCUT2D eigenvalue weighted by Crippen LogP contribution is -2.54. The van der Waals surface area contributed by atoms with Crippen LogP contribution in [-0.4, -0.2) is 53.8 Å². The molecule has 1 aromatic heterocycles. The number of carbonyl (C=O) groups is 2. The zero-order valence-electron chi connectivity index (χ0n) is 19.4. The van der Waals surface area contributed by atoms with E-state index in [1.807, 2.05) is 67.5 Å². The Kier molecular flexibility index (Phi) is 6.87. The van der Waals surface area contributed by atoms with Gasteiger partial charge in [-0.05, 0) is 53.6 Å². The molecule has 3 aromatic rings. The summed E-state index contributed by atoms with van der Waals surface area (Å²) in [5.74, 6) is 0.177. The van der Waals surface area contributed by atoms with Gasteiger partial charge in [0, 0.05) is 39.6 Å². The van der Waals surface area contributed by atoms with Crippen LogP contribution >= 0.6 is 0 Å². The van der Waals surface area contributed by atoms with Gasteiger partial charge in [0.25, 0.3) is 0 Å². The average molecular weight is 442 g/mol. The van der Waals surface area contributed by atoms with Crippen molar-refractivity contribution in [3.8, 4) is 11.1 Å². The van der Waals surface area contributed by atoms with Crippen LogP contribution in [0.15, 0.2) is 79.1 Å². The third kappa shape index (κ3) is 5.30. The fourth-order valence-corrected chi connectivity index (χ4v) is 4.89. The topological polar surface area (TPSA) is 53.5 Å². The van der Waals surface area contributed by atoms with Crippen LogP contribution in [0, 0.1) is 5.41 Å². The molecule has 170 valence electrons. The predicted octanol–water partition coefficient (Wildman–Crippen LogP) is 4.23. The van der Waals surface area contributed by atoms with Crippen LogP contribution < -0.4 is 0 Å². The molecule has 5 heteroatoms. The lowest BCUT2D eigenvalue weighted by molar-refractivity contribution is -0.147. The Bertz CT molecular complexity index is 1100. The van der Waals surface area contributed by atoms with Crippen LogP contribution in [0.3, 0.4) is 0 Å². The minimum atomic E-state index is -0.620. The van der Waals surface area contributed by atoms with E-state index in [1.165, 1.54) is 0 Å². The summed E-state index contributed by atoms with van der Waals surface area (Å²) < 4.78 is 0. The fraction of sp³-hybridized carbons (Fsp3) is 0.321. The summed E-state index contributed by atoms with van der Waals surface area (Å²) in [5, 5.41) is 0. The largest absolute Gasteiger partial charge is 0.348 e. The smallest absolute Gasteiger partial charge is 0.230 e. The summed E-state index contributed by atoms with van der Waals surface area (Å²) in [7, 11) is 3.62. The van der Waals surface area contributed by atoms with Crippen LogP contribution in [0.25, 0.3) is 11.1 Å². The van der Waals surface area contributed by atoms with Gasteiger partial charge in [-0.15, -0.1) is 0 Å². The molecule has 2 amide bonds. The Morgan fingerprint density at radius 2 is 1.67 bits per heavy atom. The van der Waals surface area contributed by atoms with Crippen molar-refractivity contribution < 1.29 is 9.59 Å². The van der Waals surface area contributed by atoms with E-state index in [9.17, 15) is 9.59 Å². The van der Waals surface area contributed by atoms with Gasteiger partial charge in [-0.3, -0.25) is 14.6 Å². The van der Waals surface area contributed by atoms with Crippen molar-refractivity contribution in [3.63, 3.8) is 0 Å². The second kappa shape index (κ2) is 9.99. The van der Waals surface area contributed by atoms with Crippen LogP contribution in [0.5, 0.6) is 0 Å². The molecule has 1 saturated heterocycles. The molecular weight excluding hydrogens is 410 g/mol. The fourth-order valence-electron chi connectivity index (χ4n) is 4.89. The number of benzene rings is 2. The van der Waals surface area contributed by atoms with Crippen molar-refractivity contribution in [1.82, 2.24) is 14.8 Å². The van der Waals surface area contributed by atoms with Gasteiger partial charge in [0.2, 0.25) is 11.8 Å². The standard InChI is InChI=1S/C28H31N3O2/c1-30(2)27(33)28(20-23-10-6-11-25(18-23)24-12-15-29-16-13-24)14-7-17-31(21-28)26(32)19-22-8-4-3-5-9-22/h3-6,8-13,15-16,18H,7,14,17,19-21H2,1-2H3. The van der Waals surface area contributed by atoms with Gasteiger partial charge in [0.15, 0.2) is 0 Å². The van der Waals surface area contributed by atoms with E-state index in [-0.39, 0.29) is 11.8 Å².